The first kappa shape index (κ1) is 15.6. The number of fused-ring (bicyclic) bond motifs is 1. The van der Waals surface area contributed by atoms with Gasteiger partial charge in [-0.05, 0) is 32.1 Å². The fraction of sp³-hybridized carbons (Fsp3) is 0.706. The third-order valence-electron chi connectivity index (χ3n) is 5.27. The summed E-state index contributed by atoms with van der Waals surface area (Å²) in [6.07, 6.45) is 5.42. The van der Waals surface area contributed by atoms with Crippen molar-refractivity contribution in [1.82, 2.24) is 15.0 Å². The molecule has 2 fully saturated rings. The number of hydrogen-bond acceptors (Lipinski definition) is 5. The number of aromatic nitrogens is 1. The van der Waals surface area contributed by atoms with E-state index in [1.54, 1.807) is 4.90 Å². The average Bonchev–Trinajstić information content (AvgIpc) is 3.28. The van der Waals surface area contributed by atoms with Gasteiger partial charge >= 0.3 is 0 Å². The van der Waals surface area contributed by atoms with Gasteiger partial charge in [-0.25, -0.2) is 0 Å². The number of aryl methyl sites for hydroxylation is 1. The molecule has 7 nitrogen and oxygen atoms in total. The maximum Gasteiger partial charge on any atom is 0.277 e. The van der Waals surface area contributed by atoms with Crippen molar-refractivity contribution < 1.29 is 18.8 Å². The highest BCUT2D eigenvalue weighted by Gasteiger charge is 2.39. The number of hydrogen-bond donors (Lipinski definition) is 0. The molecule has 0 unspecified atom stereocenters. The molecule has 3 heterocycles. The molecular formula is C17H23N3O4. The van der Waals surface area contributed by atoms with Crippen LogP contribution in [-0.2, 0) is 22.4 Å². The van der Waals surface area contributed by atoms with E-state index in [1.807, 2.05) is 4.90 Å². The minimum absolute atomic E-state index is 0.0431. The summed E-state index contributed by atoms with van der Waals surface area (Å²) in [5.74, 6) is 0.743. The number of rotatable bonds is 2. The molecule has 0 radical (unpaired) electrons. The minimum Gasteiger partial charge on any atom is -0.378 e. The third kappa shape index (κ3) is 2.70. The standard InChI is InChI=1S/C17H23N3O4/c21-16(19-8-10-23-11-9-19)13-5-3-7-20(13)17(22)15-12-4-1-2-6-14(12)24-18-15/h13H,1-11H2/t13-/m1/s1. The van der Waals surface area contributed by atoms with Gasteiger partial charge in [0.1, 0.15) is 11.8 Å². The Labute approximate surface area is 140 Å². The second kappa shape index (κ2) is 6.55. The van der Waals surface area contributed by atoms with Crippen LogP contribution < -0.4 is 0 Å². The van der Waals surface area contributed by atoms with Gasteiger partial charge in [-0.2, -0.15) is 0 Å². The van der Waals surface area contributed by atoms with Crippen LogP contribution in [0.2, 0.25) is 0 Å². The summed E-state index contributed by atoms with van der Waals surface area (Å²) in [6.45, 7) is 2.97. The van der Waals surface area contributed by atoms with E-state index in [4.69, 9.17) is 9.26 Å². The summed E-state index contributed by atoms with van der Waals surface area (Å²) in [5.41, 5.74) is 1.38. The summed E-state index contributed by atoms with van der Waals surface area (Å²) < 4.78 is 10.7. The second-order valence-electron chi connectivity index (χ2n) is 6.73. The molecule has 1 aliphatic carbocycles. The van der Waals surface area contributed by atoms with E-state index >= 15 is 0 Å². The van der Waals surface area contributed by atoms with Crippen LogP contribution >= 0.6 is 0 Å². The SMILES string of the molecule is O=C([C@H]1CCCN1C(=O)c1noc2c1CCCC2)N1CCOCC1. The Kier molecular flexibility index (Phi) is 4.26. The monoisotopic (exact) mass is 333 g/mol. The lowest BCUT2D eigenvalue weighted by Gasteiger charge is -2.32. The smallest absolute Gasteiger partial charge is 0.277 e. The van der Waals surface area contributed by atoms with Gasteiger partial charge in [0, 0.05) is 31.6 Å². The van der Waals surface area contributed by atoms with Crippen molar-refractivity contribution in [3.8, 4) is 0 Å². The predicted octanol–water partition coefficient (Wildman–Crippen LogP) is 1.02. The molecule has 1 aromatic heterocycles. The Balaban J connectivity index is 1.53. The molecule has 2 amide bonds. The van der Waals surface area contributed by atoms with Crippen LogP contribution in [0.4, 0.5) is 0 Å². The fourth-order valence-corrected chi connectivity index (χ4v) is 3.95. The normalized spacial score (nSPS) is 24.1. The van der Waals surface area contributed by atoms with Crippen LogP contribution in [0, 0.1) is 0 Å². The molecule has 0 bridgehead atoms. The van der Waals surface area contributed by atoms with E-state index in [1.165, 1.54) is 0 Å². The molecule has 0 spiro atoms. The minimum atomic E-state index is -0.369. The highest BCUT2D eigenvalue weighted by Crippen LogP contribution is 2.28. The lowest BCUT2D eigenvalue weighted by Crippen LogP contribution is -2.51. The topological polar surface area (TPSA) is 75.9 Å². The molecule has 7 heteroatoms. The van der Waals surface area contributed by atoms with Crippen LogP contribution in [0.25, 0.3) is 0 Å². The van der Waals surface area contributed by atoms with Gasteiger partial charge in [-0.1, -0.05) is 5.16 Å². The van der Waals surface area contributed by atoms with Crippen LogP contribution in [0.15, 0.2) is 4.52 Å². The Bertz CT molecular complexity index is 636. The predicted molar refractivity (Wildman–Crippen MR) is 84.6 cm³/mol. The first-order valence-electron chi connectivity index (χ1n) is 8.90. The van der Waals surface area contributed by atoms with E-state index in [0.717, 1.165) is 49.8 Å². The van der Waals surface area contributed by atoms with Crippen molar-refractivity contribution in [2.24, 2.45) is 0 Å². The highest BCUT2D eigenvalue weighted by molar-refractivity contribution is 5.97. The lowest BCUT2D eigenvalue weighted by molar-refractivity contribution is -0.139. The Hall–Kier alpha value is -1.89. The van der Waals surface area contributed by atoms with Crippen molar-refractivity contribution >= 4 is 11.8 Å². The summed E-state index contributed by atoms with van der Waals surface area (Å²) in [5, 5.41) is 4.04. The molecule has 130 valence electrons. The number of carbonyl (C=O) groups is 2. The average molecular weight is 333 g/mol. The van der Waals surface area contributed by atoms with Gasteiger partial charge in [-0.15, -0.1) is 0 Å². The van der Waals surface area contributed by atoms with Crippen LogP contribution in [0.3, 0.4) is 0 Å². The van der Waals surface area contributed by atoms with Crippen LogP contribution in [0.1, 0.15) is 47.5 Å². The fourth-order valence-electron chi connectivity index (χ4n) is 3.95. The zero-order valence-electron chi connectivity index (χ0n) is 13.8. The van der Waals surface area contributed by atoms with Gasteiger partial charge in [-0.3, -0.25) is 9.59 Å². The van der Waals surface area contributed by atoms with Crippen molar-refractivity contribution in [3.05, 3.63) is 17.0 Å². The van der Waals surface area contributed by atoms with Crippen molar-refractivity contribution in [2.45, 2.75) is 44.6 Å². The second-order valence-corrected chi connectivity index (χ2v) is 6.73. The highest BCUT2D eigenvalue weighted by atomic mass is 16.5. The van der Waals surface area contributed by atoms with E-state index < -0.39 is 0 Å². The zero-order chi connectivity index (χ0) is 16.5. The molecule has 2 saturated heterocycles. The van der Waals surface area contributed by atoms with Gasteiger partial charge in [0.05, 0.1) is 13.2 Å². The maximum absolute atomic E-state index is 13.0. The Morgan fingerprint density at radius 1 is 1.04 bits per heavy atom. The number of likely N-dealkylation sites (tertiary alicyclic amines) is 1. The quantitative estimate of drug-likeness (QED) is 0.807. The molecule has 2 aliphatic heterocycles. The van der Waals surface area contributed by atoms with Gasteiger partial charge in [0.25, 0.3) is 5.91 Å². The lowest BCUT2D eigenvalue weighted by atomic mass is 9.96. The Morgan fingerprint density at radius 3 is 2.67 bits per heavy atom. The molecule has 1 aromatic rings. The number of carbonyl (C=O) groups excluding carboxylic acids is 2. The number of nitrogens with zero attached hydrogens (tertiary/aromatic N) is 3. The summed E-state index contributed by atoms with van der Waals surface area (Å²) in [7, 11) is 0. The summed E-state index contributed by atoms with van der Waals surface area (Å²) in [6, 6.07) is -0.369. The number of morpholine rings is 1. The third-order valence-corrected chi connectivity index (χ3v) is 5.27. The van der Waals surface area contributed by atoms with Crippen LogP contribution in [-0.4, -0.2) is 65.7 Å². The van der Waals surface area contributed by atoms with Gasteiger partial charge < -0.3 is 19.1 Å². The van der Waals surface area contributed by atoms with Crippen molar-refractivity contribution in [3.63, 3.8) is 0 Å². The van der Waals surface area contributed by atoms with E-state index in [-0.39, 0.29) is 17.9 Å². The van der Waals surface area contributed by atoms with Gasteiger partial charge in [0.15, 0.2) is 5.69 Å². The summed E-state index contributed by atoms with van der Waals surface area (Å²) in [4.78, 5) is 29.3. The largest absolute Gasteiger partial charge is 0.378 e. The van der Waals surface area contributed by atoms with Crippen molar-refractivity contribution in [1.29, 1.82) is 0 Å². The maximum atomic E-state index is 13.0. The van der Waals surface area contributed by atoms with E-state index in [0.29, 0.717) is 38.5 Å². The molecular weight excluding hydrogens is 310 g/mol. The number of ether oxygens (including phenoxy) is 1. The van der Waals surface area contributed by atoms with Gasteiger partial charge in [0.2, 0.25) is 5.91 Å². The number of amides is 2. The first-order chi connectivity index (χ1) is 11.8. The molecule has 4 rings (SSSR count). The molecule has 1 atom stereocenters. The molecule has 3 aliphatic rings. The molecule has 0 saturated carbocycles. The molecule has 24 heavy (non-hydrogen) atoms. The Morgan fingerprint density at radius 2 is 1.83 bits per heavy atom. The van der Waals surface area contributed by atoms with Crippen molar-refractivity contribution in [2.75, 3.05) is 32.8 Å². The van der Waals surface area contributed by atoms with E-state index in [9.17, 15) is 9.59 Å². The molecule has 0 aromatic carbocycles. The molecule has 0 N–H and O–H groups in total. The first-order valence-corrected chi connectivity index (χ1v) is 8.90. The van der Waals surface area contributed by atoms with Crippen LogP contribution in [0.5, 0.6) is 0 Å². The summed E-state index contributed by atoms with van der Waals surface area (Å²) >= 11 is 0. The zero-order valence-corrected chi connectivity index (χ0v) is 13.8. The van der Waals surface area contributed by atoms with E-state index in [2.05, 4.69) is 5.16 Å².